The lowest BCUT2D eigenvalue weighted by molar-refractivity contribution is -0.143. The van der Waals surface area contributed by atoms with Crippen LogP contribution in [0.5, 0.6) is 0 Å². The van der Waals surface area contributed by atoms with Crippen LogP contribution in [0.25, 0.3) is 0 Å². The number of carbonyl (C=O) groups excluding carboxylic acids is 2. The van der Waals surface area contributed by atoms with Crippen molar-refractivity contribution in [3.05, 3.63) is 0 Å². The minimum Gasteiger partial charge on any atom is -0.391 e. The van der Waals surface area contributed by atoms with Crippen molar-refractivity contribution in [2.45, 2.75) is 44.1 Å². The van der Waals surface area contributed by atoms with Gasteiger partial charge in [-0.25, -0.2) is 0 Å². The van der Waals surface area contributed by atoms with E-state index >= 15 is 0 Å². The average Bonchev–Trinajstić information content (AvgIpc) is 2.69. The van der Waals surface area contributed by atoms with Crippen LogP contribution in [0.1, 0.15) is 27.2 Å². The van der Waals surface area contributed by atoms with Gasteiger partial charge in [0.05, 0.1) is 6.10 Å². The third-order valence-corrected chi connectivity index (χ3v) is 5.00. The summed E-state index contributed by atoms with van der Waals surface area (Å²) in [5.41, 5.74) is 0. The highest BCUT2D eigenvalue weighted by atomic mass is 32.2. The van der Waals surface area contributed by atoms with Crippen molar-refractivity contribution < 1.29 is 14.7 Å². The SMILES string of the molecule is CC(=O)N1C[C@@H](O)C[C@@H]1C(=O)N1CCSC(C)(C)C1. The predicted molar refractivity (Wildman–Crippen MR) is 74.9 cm³/mol. The number of carbonyl (C=O) groups is 2. The van der Waals surface area contributed by atoms with E-state index in [0.717, 1.165) is 12.3 Å². The second-order valence-electron chi connectivity index (χ2n) is 5.94. The van der Waals surface area contributed by atoms with Crippen molar-refractivity contribution in [3.8, 4) is 0 Å². The summed E-state index contributed by atoms with van der Waals surface area (Å²) < 4.78 is 0.0617. The lowest BCUT2D eigenvalue weighted by Crippen LogP contribution is -2.53. The van der Waals surface area contributed by atoms with Crippen LogP contribution in [-0.4, -0.2) is 69.0 Å². The summed E-state index contributed by atoms with van der Waals surface area (Å²) in [6.07, 6.45) is -0.215. The van der Waals surface area contributed by atoms with Crippen LogP contribution in [0.3, 0.4) is 0 Å². The Bertz CT molecular complexity index is 386. The molecule has 2 rings (SSSR count). The standard InChI is InChI=1S/C13H22N2O3S/c1-9(16)15-7-10(17)6-11(15)12(18)14-4-5-19-13(2,3)8-14/h10-11,17H,4-8H2,1-3H3/t10-,11+/m0/s1. The van der Waals surface area contributed by atoms with Crippen molar-refractivity contribution in [3.63, 3.8) is 0 Å². The molecule has 2 heterocycles. The topological polar surface area (TPSA) is 60.9 Å². The molecule has 0 radical (unpaired) electrons. The van der Waals surface area contributed by atoms with Gasteiger partial charge in [0.15, 0.2) is 0 Å². The number of nitrogens with zero attached hydrogens (tertiary/aromatic N) is 2. The first-order chi connectivity index (χ1) is 8.80. The van der Waals surface area contributed by atoms with Crippen LogP contribution in [0.4, 0.5) is 0 Å². The fourth-order valence-corrected chi connectivity index (χ4v) is 3.92. The van der Waals surface area contributed by atoms with E-state index < -0.39 is 12.1 Å². The van der Waals surface area contributed by atoms with E-state index in [9.17, 15) is 14.7 Å². The molecule has 0 aromatic heterocycles. The van der Waals surface area contributed by atoms with Crippen molar-refractivity contribution in [1.82, 2.24) is 9.80 Å². The molecule has 0 unspecified atom stereocenters. The van der Waals surface area contributed by atoms with E-state index in [4.69, 9.17) is 0 Å². The molecule has 19 heavy (non-hydrogen) atoms. The Morgan fingerprint density at radius 2 is 2.05 bits per heavy atom. The van der Waals surface area contributed by atoms with Gasteiger partial charge in [0.25, 0.3) is 0 Å². The molecule has 2 saturated heterocycles. The highest BCUT2D eigenvalue weighted by molar-refractivity contribution is 8.00. The zero-order chi connectivity index (χ0) is 14.2. The third-order valence-electron chi connectivity index (χ3n) is 3.71. The van der Waals surface area contributed by atoms with Gasteiger partial charge in [-0.1, -0.05) is 0 Å². The first-order valence-electron chi connectivity index (χ1n) is 6.68. The molecule has 1 N–H and O–H groups in total. The lowest BCUT2D eigenvalue weighted by Gasteiger charge is -2.39. The van der Waals surface area contributed by atoms with Crippen LogP contribution in [-0.2, 0) is 9.59 Å². The molecule has 0 bridgehead atoms. The second kappa shape index (κ2) is 5.32. The van der Waals surface area contributed by atoms with Crippen molar-refractivity contribution in [2.24, 2.45) is 0 Å². The van der Waals surface area contributed by atoms with Crippen molar-refractivity contribution in [2.75, 3.05) is 25.4 Å². The molecule has 0 aromatic carbocycles. The third kappa shape index (κ3) is 3.23. The summed E-state index contributed by atoms with van der Waals surface area (Å²) in [5.74, 6) is 0.773. The lowest BCUT2D eigenvalue weighted by atomic mass is 10.1. The first kappa shape index (κ1) is 14.7. The van der Waals surface area contributed by atoms with E-state index in [-0.39, 0.29) is 23.1 Å². The largest absolute Gasteiger partial charge is 0.391 e. The molecule has 2 fully saturated rings. The van der Waals surface area contributed by atoms with Crippen molar-refractivity contribution >= 4 is 23.6 Å². The van der Waals surface area contributed by atoms with Crippen LogP contribution >= 0.6 is 11.8 Å². The van der Waals surface area contributed by atoms with E-state index in [1.165, 1.54) is 11.8 Å². The number of likely N-dealkylation sites (tertiary alicyclic amines) is 1. The zero-order valence-corrected chi connectivity index (χ0v) is 12.6. The number of aliphatic hydroxyl groups is 1. The average molecular weight is 286 g/mol. The molecule has 2 atom stereocenters. The summed E-state index contributed by atoms with van der Waals surface area (Å²) >= 11 is 1.87. The van der Waals surface area contributed by atoms with E-state index in [2.05, 4.69) is 13.8 Å². The van der Waals surface area contributed by atoms with Crippen LogP contribution in [0.15, 0.2) is 0 Å². The molecule has 0 spiro atoms. The second-order valence-corrected chi connectivity index (χ2v) is 7.75. The molecular weight excluding hydrogens is 264 g/mol. The minimum absolute atomic E-state index is 0.0138. The fourth-order valence-electron chi connectivity index (χ4n) is 2.81. The van der Waals surface area contributed by atoms with Crippen LogP contribution in [0, 0.1) is 0 Å². The maximum Gasteiger partial charge on any atom is 0.245 e. The number of thioether (sulfide) groups is 1. The fraction of sp³-hybridized carbons (Fsp3) is 0.846. The zero-order valence-electron chi connectivity index (χ0n) is 11.8. The highest BCUT2D eigenvalue weighted by Crippen LogP contribution is 2.31. The van der Waals surface area contributed by atoms with Gasteiger partial charge in [0, 0.05) is 43.5 Å². The van der Waals surface area contributed by atoms with E-state index in [1.807, 2.05) is 16.7 Å². The van der Waals surface area contributed by atoms with Gasteiger partial charge in [-0.2, -0.15) is 11.8 Å². The summed E-state index contributed by atoms with van der Waals surface area (Å²) in [6, 6.07) is -0.480. The van der Waals surface area contributed by atoms with Gasteiger partial charge < -0.3 is 14.9 Å². The number of amides is 2. The van der Waals surface area contributed by atoms with E-state index in [0.29, 0.717) is 13.0 Å². The van der Waals surface area contributed by atoms with Crippen LogP contribution < -0.4 is 0 Å². The predicted octanol–water partition coefficient (Wildman–Crippen LogP) is 0.322. The van der Waals surface area contributed by atoms with Gasteiger partial charge in [0.1, 0.15) is 6.04 Å². The monoisotopic (exact) mass is 286 g/mol. The molecular formula is C13H22N2O3S. The Morgan fingerprint density at radius 1 is 1.37 bits per heavy atom. The van der Waals surface area contributed by atoms with Gasteiger partial charge in [-0.15, -0.1) is 0 Å². The van der Waals surface area contributed by atoms with Crippen LogP contribution in [0.2, 0.25) is 0 Å². The molecule has 0 aliphatic carbocycles. The summed E-state index contributed by atoms with van der Waals surface area (Å²) in [4.78, 5) is 27.5. The van der Waals surface area contributed by atoms with Gasteiger partial charge in [0.2, 0.25) is 11.8 Å². The maximum absolute atomic E-state index is 12.6. The quantitative estimate of drug-likeness (QED) is 0.754. The molecule has 2 amide bonds. The number of hydrogen-bond donors (Lipinski definition) is 1. The Kier molecular flexibility index (Phi) is 4.11. The van der Waals surface area contributed by atoms with Gasteiger partial charge >= 0.3 is 0 Å². The molecule has 2 aliphatic rings. The molecule has 0 saturated carbocycles. The van der Waals surface area contributed by atoms with Gasteiger partial charge in [-0.05, 0) is 13.8 Å². The van der Waals surface area contributed by atoms with Gasteiger partial charge in [-0.3, -0.25) is 9.59 Å². The Balaban J connectivity index is 2.08. The summed E-state index contributed by atoms with van der Waals surface area (Å²) in [5, 5.41) is 9.70. The maximum atomic E-state index is 12.6. The molecule has 108 valence electrons. The normalized spacial score (nSPS) is 30.5. The molecule has 0 aromatic rings. The summed E-state index contributed by atoms with van der Waals surface area (Å²) in [6.45, 7) is 7.42. The number of rotatable bonds is 1. The Hall–Kier alpha value is -0.750. The number of aliphatic hydroxyl groups excluding tert-OH is 1. The summed E-state index contributed by atoms with van der Waals surface area (Å²) in [7, 11) is 0. The molecule has 5 nitrogen and oxygen atoms in total. The highest BCUT2D eigenvalue weighted by Gasteiger charge is 2.41. The van der Waals surface area contributed by atoms with Crippen molar-refractivity contribution in [1.29, 1.82) is 0 Å². The molecule has 6 heteroatoms. The van der Waals surface area contributed by atoms with E-state index in [1.54, 1.807) is 0 Å². The first-order valence-corrected chi connectivity index (χ1v) is 7.67. The minimum atomic E-state index is -0.579. The molecule has 2 aliphatic heterocycles. The number of β-amino-alcohol motifs (C(OH)–C–C–N with tert-alkyl or cyclic N) is 1. The Morgan fingerprint density at radius 3 is 2.63 bits per heavy atom. The smallest absolute Gasteiger partial charge is 0.245 e. The number of hydrogen-bond acceptors (Lipinski definition) is 4. The Labute approximate surface area is 118 Å².